The van der Waals surface area contributed by atoms with Crippen LogP contribution in [0.5, 0.6) is 0 Å². The van der Waals surface area contributed by atoms with Gasteiger partial charge in [-0.3, -0.25) is 4.79 Å². The molecule has 2 unspecified atom stereocenters. The van der Waals surface area contributed by atoms with E-state index < -0.39 is 0 Å². The summed E-state index contributed by atoms with van der Waals surface area (Å²) in [5, 5.41) is 11.0. The fourth-order valence-electron chi connectivity index (χ4n) is 3.14. The van der Waals surface area contributed by atoms with Crippen LogP contribution in [0.1, 0.15) is 36.3 Å². The number of rotatable bonds is 4. The largest absolute Gasteiger partial charge is 0.348 e. The van der Waals surface area contributed by atoms with E-state index in [2.05, 4.69) is 38.6 Å². The second kappa shape index (κ2) is 7.49. The minimum atomic E-state index is -0.0317. The normalized spacial score (nSPS) is 20.8. The number of piperidine rings is 1. The van der Waals surface area contributed by atoms with Gasteiger partial charge < -0.3 is 10.6 Å². The number of halogens is 1. The van der Waals surface area contributed by atoms with Crippen molar-refractivity contribution in [2.45, 2.75) is 32.7 Å². The minimum Gasteiger partial charge on any atom is -0.348 e. The van der Waals surface area contributed by atoms with Gasteiger partial charge in [-0.15, -0.1) is 0 Å². The molecule has 1 aromatic carbocycles. The lowest BCUT2D eigenvalue weighted by Crippen LogP contribution is -2.50. The Morgan fingerprint density at radius 1 is 1.42 bits per heavy atom. The summed E-state index contributed by atoms with van der Waals surface area (Å²) in [5.41, 5.74) is 2.56. The predicted molar refractivity (Wildman–Crippen MR) is 98.5 cm³/mol. The first-order valence-corrected chi connectivity index (χ1v) is 9.24. The standard InChI is InChI=1S/C18H23BrN4O/c1-3-17-15(18(24)22-16-11-20-9-8-12(16)2)10-21-23(17)14-6-4-13(19)5-7-14/h4-7,10,12,16,20H,3,8-9,11H2,1-2H3,(H,22,24). The molecular formula is C18H23BrN4O. The maximum absolute atomic E-state index is 12.7. The van der Waals surface area contributed by atoms with Gasteiger partial charge in [-0.05, 0) is 49.6 Å². The van der Waals surface area contributed by atoms with Gasteiger partial charge in [-0.25, -0.2) is 4.68 Å². The summed E-state index contributed by atoms with van der Waals surface area (Å²) in [6.45, 7) is 6.09. The molecule has 0 spiro atoms. The highest BCUT2D eigenvalue weighted by Crippen LogP contribution is 2.19. The molecule has 1 aromatic heterocycles. The van der Waals surface area contributed by atoms with Crippen LogP contribution in [0.15, 0.2) is 34.9 Å². The fourth-order valence-corrected chi connectivity index (χ4v) is 3.40. The molecule has 0 aliphatic carbocycles. The molecule has 0 saturated carbocycles. The number of hydrogen-bond acceptors (Lipinski definition) is 3. The number of nitrogens with zero attached hydrogens (tertiary/aromatic N) is 2. The Kier molecular flexibility index (Phi) is 5.36. The van der Waals surface area contributed by atoms with E-state index in [1.165, 1.54) is 0 Å². The van der Waals surface area contributed by atoms with Crippen molar-refractivity contribution >= 4 is 21.8 Å². The highest BCUT2D eigenvalue weighted by Gasteiger charge is 2.25. The molecule has 1 amide bonds. The number of nitrogens with one attached hydrogen (secondary N) is 2. The molecule has 0 bridgehead atoms. The summed E-state index contributed by atoms with van der Waals surface area (Å²) in [6, 6.07) is 8.11. The highest BCUT2D eigenvalue weighted by molar-refractivity contribution is 9.10. The number of benzene rings is 1. The third kappa shape index (κ3) is 3.54. The molecule has 1 saturated heterocycles. The number of aromatic nitrogens is 2. The van der Waals surface area contributed by atoms with Crippen LogP contribution in [0.25, 0.3) is 5.69 Å². The van der Waals surface area contributed by atoms with E-state index in [-0.39, 0.29) is 11.9 Å². The summed E-state index contributed by atoms with van der Waals surface area (Å²) in [4.78, 5) is 12.7. The van der Waals surface area contributed by atoms with Gasteiger partial charge in [0.25, 0.3) is 5.91 Å². The van der Waals surface area contributed by atoms with Crippen molar-refractivity contribution in [3.05, 3.63) is 46.2 Å². The van der Waals surface area contributed by atoms with Crippen LogP contribution in [0.3, 0.4) is 0 Å². The van der Waals surface area contributed by atoms with Gasteiger partial charge in [-0.1, -0.05) is 29.8 Å². The molecule has 2 N–H and O–H groups in total. The van der Waals surface area contributed by atoms with Crippen LogP contribution in [-0.4, -0.2) is 34.8 Å². The molecule has 2 heterocycles. The molecule has 1 fully saturated rings. The Bertz CT molecular complexity index is 710. The molecule has 5 nitrogen and oxygen atoms in total. The molecule has 128 valence electrons. The number of hydrogen-bond donors (Lipinski definition) is 2. The molecule has 1 aliphatic rings. The summed E-state index contributed by atoms with van der Waals surface area (Å²) in [6.07, 6.45) is 3.51. The van der Waals surface area contributed by atoms with Crippen LogP contribution < -0.4 is 10.6 Å². The van der Waals surface area contributed by atoms with Crippen molar-refractivity contribution in [3.8, 4) is 5.69 Å². The van der Waals surface area contributed by atoms with E-state index in [0.717, 1.165) is 41.8 Å². The zero-order valence-corrected chi connectivity index (χ0v) is 15.6. The first kappa shape index (κ1) is 17.2. The van der Waals surface area contributed by atoms with Gasteiger partial charge in [0.2, 0.25) is 0 Å². The van der Waals surface area contributed by atoms with E-state index >= 15 is 0 Å². The van der Waals surface area contributed by atoms with Crippen LogP contribution in [0, 0.1) is 5.92 Å². The van der Waals surface area contributed by atoms with Crippen molar-refractivity contribution in [2.75, 3.05) is 13.1 Å². The molecule has 0 radical (unpaired) electrons. The highest BCUT2D eigenvalue weighted by atomic mass is 79.9. The third-order valence-corrected chi connectivity index (χ3v) is 5.19. The molecule has 3 rings (SSSR count). The first-order valence-electron chi connectivity index (χ1n) is 8.44. The van der Waals surface area contributed by atoms with E-state index in [1.54, 1.807) is 6.20 Å². The SMILES string of the molecule is CCc1c(C(=O)NC2CNCCC2C)cnn1-c1ccc(Br)cc1. The molecule has 24 heavy (non-hydrogen) atoms. The Morgan fingerprint density at radius 2 is 2.17 bits per heavy atom. The summed E-state index contributed by atoms with van der Waals surface area (Å²) in [7, 11) is 0. The van der Waals surface area contributed by atoms with Crippen LogP contribution in [-0.2, 0) is 6.42 Å². The summed E-state index contributed by atoms with van der Waals surface area (Å²) < 4.78 is 2.87. The average Bonchev–Trinajstić information content (AvgIpc) is 3.01. The Morgan fingerprint density at radius 3 is 2.83 bits per heavy atom. The van der Waals surface area contributed by atoms with Crippen LogP contribution >= 0.6 is 15.9 Å². The lowest BCUT2D eigenvalue weighted by Gasteiger charge is -2.30. The number of carbonyl (C=O) groups excluding carboxylic acids is 1. The number of carbonyl (C=O) groups is 1. The van der Waals surface area contributed by atoms with E-state index in [4.69, 9.17) is 0 Å². The summed E-state index contributed by atoms with van der Waals surface area (Å²) in [5.74, 6) is 0.456. The van der Waals surface area contributed by atoms with Gasteiger partial charge in [0.15, 0.2) is 0 Å². The van der Waals surface area contributed by atoms with Crippen LogP contribution in [0.4, 0.5) is 0 Å². The molecule has 2 atom stereocenters. The summed E-state index contributed by atoms with van der Waals surface area (Å²) >= 11 is 3.44. The van der Waals surface area contributed by atoms with Gasteiger partial charge in [-0.2, -0.15) is 5.10 Å². The molecule has 1 aliphatic heterocycles. The zero-order valence-electron chi connectivity index (χ0n) is 14.1. The van der Waals surface area contributed by atoms with E-state index in [0.29, 0.717) is 11.5 Å². The van der Waals surface area contributed by atoms with Crippen molar-refractivity contribution in [3.63, 3.8) is 0 Å². The van der Waals surface area contributed by atoms with E-state index in [9.17, 15) is 4.79 Å². The van der Waals surface area contributed by atoms with Gasteiger partial charge in [0.05, 0.1) is 23.1 Å². The van der Waals surface area contributed by atoms with Gasteiger partial charge in [0.1, 0.15) is 0 Å². The lowest BCUT2D eigenvalue weighted by atomic mass is 9.94. The predicted octanol–water partition coefficient (Wildman–Crippen LogP) is 2.93. The van der Waals surface area contributed by atoms with Crippen molar-refractivity contribution in [1.82, 2.24) is 20.4 Å². The zero-order chi connectivity index (χ0) is 17.1. The minimum absolute atomic E-state index is 0.0317. The van der Waals surface area contributed by atoms with Gasteiger partial charge in [0, 0.05) is 17.1 Å². The van der Waals surface area contributed by atoms with Gasteiger partial charge >= 0.3 is 0 Å². The molecule has 6 heteroatoms. The van der Waals surface area contributed by atoms with Crippen LogP contribution in [0.2, 0.25) is 0 Å². The van der Waals surface area contributed by atoms with Crippen molar-refractivity contribution in [2.24, 2.45) is 5.92 Å². The molecule has 2 aromatic rings. The average molecular weight is 391 g/mol. The second-order valence-electron chi connectivity index (χ2n) is 6.30. The Balaban J connectivity index is 1.83. The fraction of sp³-hybridized carbons (Fsp3) is 0.444. The maximum atomic E-state index is 12.7. The topological polar surface area (TPSA) is 59.0 Å². The smallest absolute Gasteiger partial charge is 0.255 e. The monoisotopic (exact) mass is 390 g/mol. The van der Waals surface area contributed by atoms with E-state index in [1.807, 2.05) is 35.9 Å². The number of amides is 1. The first-order chi connectivity index (χ1) is 11.6. The lowest BCUT2D eigenvalue weighted by molar-refractivity contribution is 0.0914. The second-order valence-corrected chi connectivity index (χ2v) is 7.21. The van der Waals surface area contributed by atoms with Crippen molar-refractivity contribution in [1.29, 1.82) is 0 Å². The quantitative estimate of drug-likeness (QED) is 0.843. The van der Waals surface area contributed by atoms with Crippen molar-refractivity contribution < 1.29 is 4.79 Å². The maximum Gasteiger partial charge on any atom is 0.255 e. The molecular weight excluding hydrogens is 368 g/mol. The Hall–Kier alpha value is -1.66. The third-order valence-electron chi connectivity index (χ3n) is 4.66. The Labute approximate surface area is 151 Å².